The third kappa shape index (κ3) is 5.57. The number of carbonyl (C=O) groups is 1. The van der Waals surface area contributed by atoms with E-state index in [2.05, 4.69) is 6.92 Å². The number of benzene rings is 1. The summed E-state index contributed by atoms with van der Waals surface area (Å²) in [6.45, 7) is 9.28. The fourth-order valence-corrected chi connectivity index (χ4v) is 4.36. The second kappa shape index (κ2) is 9.08. The molecule has 0 saturated carbocycles. The molecule has 1 heterocycles. The van der Waals surface area contributed by atoms with E-state index < -0.39 is 14.6 Å². The highest BCUT2D eigenvalue weighted by molar-refractivity contribution is 7.92. The molecular formula is C23H32O4S. The normalized spacial score (nSPS) is 12.3. The van der Waals surface area contributed by atoms with Crippen molar-refractivity contribution in [1.82, 2.24) is 0 Å². The molecule has 4 nitrogen and oxygen atoms in total. The molecule has 0 bridgehead atoms. The number of hydrogen-bond donors (Lipinski definition) is 0. The molecule has 0 amide bonds. The lowest BCUT2D eigenvalue weighted by atomic mass is 9.93. The molecule has 0 atom stereocenters. The molecular weight excluding hydrogens is 372 g/mol. The van der Waals surface area contributed by atoms with Gasteiger partial charge in [0, 0.05) is 18.4 Å². The van der Waals surface area contributed by atoms with Crippen LogP contribution < -0.4 is 0 Å². The lowest BCUT2D eigenvalue weighted by Crippen LogP contribution is -2.30. The van der Waals surface area contributed by atoms with E-state index in [1.54, 1.807) is 27.0 Å². The first-order chi connectivity index (χ1) is 13.0. The number of hydrogen-bond acceptors (Lipinski definition) is 4. The van der Waals surface area contributed by atoms with Crippen molar-refractivity contribution in [3.63, 3.8) is 0 Å². The van der Waals surface area contributed by atoms with Crippen LogP contribution in [0.25, 0.3) is 11.3 Å². The van der Waals surface area contributed by atoms with E-state index in [1.807, 2.05) is 31.2 Å². The summed E-state index contributed by atoms with van der Waals surface area (Å²) in [5.41, 5.74) is 4.36. The van der Waals surface area contributed by atoms with Gasteiger partial charge in [0.25, 0.3) is 0 Å². The molecule has 28 heavy (non-hydrogen) atoms. The Balaban J connectivity index is 1.85. The van der Waals surface area contributed by atoms with Crippen molar-refractivity contribution in [1.29, 1.82) is 0 Å². The molecule has 0 aliphatic rings. The van der Waals surface area contributed by atoms with Gasteiger partial charge in [-0.2, -0.15) is 0 Å². The Hall–Kier alpha value is -1.88. The van der Waals surface area contributed by atoms with Crippen molar-refractivity contribution in [2.75, 3.05) is 5.75 Å². The van der Waals surface area contributed by atoms with E-state index in [9.17, 15) is 13.2 Å². The first-order valence-electron chi connectivity index (χ1n) is 9.90. The van der Waals surface area contributed by atoms with E-state index >= 15 is 0 Å². The van der Waals surface area contributed by atoms with Crippen LogP contribution in [0.15, 0.2) is 34.9 Å². The fraction of sp³-hybridized carbons (Fsp3) is 0.522. The van der Waals surface area contributed by atoms with Gasteiger partial charge >= 0.3 is 0 Å². The van der Waals surface area contributed by atoms with Crippen molar-refractivity contribution in [2.45, 2.75) is 71.5 Å². The van der Waals surface area contributed by atoms with Crippen molar-refractivity contribution in [3.05, 3.63) is 47.2 Å². The zero-order chi connectivity index (χ0) is 20.9. The highest BCUT2D eigenvalue weighted by Gasteiger charge is 2.27. The van der Waals surface area contributed by atoms with E-state index in [0.717, 1.165) is 40.9 Å². The van der Waals surface area contributed by atoms with E-state index in [-0.39, 0.29) is 11.5 Å². The molecule has 0 aliphatic carbocycles. The second-order valence-electron chi connectivity index (χ2n) is 8.46. The molecule has 154 valence electrons. The Morgan fingerprint density at radius 1 is 1.00 bits per heavy atom. The third-order valence-electron chi connectivity index (χ3n) is 5.38. The molecule has 2 rings (SSSR count). The van der Waals surface area contributed by atoms with Crippen LogP contribution in [-0.2, 0) is 21.1 Å². The molecule has 1 aromatic carbocycles. The van der Waals surface area contributed by atoms with Gasteiger partial charge in [-0.15, -0.1) is 0 Å². The summed E-state index contributed by atoms with van der Waals surface area (Å²) in [5.74, 6) is 1.23. The fourth-order valence-electron chi connectivity index (χ4n) is 3.17. The number of furan rings is 1. The largest absolute Gasteiger partial charge is 0.464 e. The standard InChI is InChI=1S/C23H32O4S/c1-17-18(2)21(22-11-9-14-27-22)13-12-19(17)16-20(24)10-7-6-8-15-28(25,26)23(3,4)5/h9,11-14H,6-8,10,15-16H2,1-5H3. The van der Waals surface area contributed by atoms with Crippen LogP contribution in [0.4, 0.5) is 0 Å². The SMILES string of the molecule is Cc1c(CC(=O)CCCCCS(=O)(=O)C(C)(C)C)ccc(-c2ccco2)c1C. The minimum Gasteiger partial charge on any atom is -0.464 e. The summed E-state index contributed by atoms with van der Waals surface area (Å²) in [6.07, 6.45) is 4.69. The summed E-state index contributed by atoms with van der Waals surface area (Å²) in [5, 5.41) is 0. The predicted molar refractivity (Wildman–Crippen MR) is 114 cm³/mol. The van der Waals surface area contributed by atoms with Gasteiger partial charge in [0.2, 0.25) is 0 Å². The molecule has 0 aliphatic heterocycles. The Bertz CT molecular complexity index is 901. The van der Waals surface area contributed by atoms with Crippen molar-refractivity contribution < 1.29 is 17.6 Å². The van der Waals surface area contributed by atoms with E-state index in [1.165, 1.54) is 0 Å². The van der Waals surface area contributed by atoms with E-state index in [4.69, 9.17) is 4.42 Å². The minimum atomic E-state index is -3.07. The van der Waals surface area contributed by atoms with Gasteiger partial charge in [0.05, 0.1) is 16.8 Å². The van der Waals surface area contributed by atoms with Crippen molar-refractivity contribution in [2.24, 2.45) is 0 Å². The second-order valence-corrected chi connectivity index (χ2v) is 11.3. The topological polar surface area (TPSA) is 64.3 Å². The van der Waals surface area contributed by atoms with Crippen LogP contribution in [0, 0.1) is 13.8 Å². The number of sulfone groups is 1. The van der Waals surface area contributed by atoms with Gasteiger partial charge in [-0.25, -0.2) is 8.42 Å². The molecule has 0 unspecified atom stereocenters. The predicted octanol–water partition coefficient (Wildman–Crippen LogP) is 5.45. The lowest BCUT2D eigenvalue weighted by molar-refractivity contribution is -0.118. The molecule has 5 heteroatoms. The quantitative estimate of drug-likeness (QED) is 0.521. The molecule has 0 spiro atoms. The van der Waals surface area contributed by atoms with E-state index in [0.29, 0.717) is 19.3 Å². The van der Waals surface area contributed by atoms with Gasteiger partial charge in [-0.05, 0) is 76.3 Å². The molecule has 0 fully saturated rings. The Morgan fingerprint density at radius 3 is 2.32 bits per heavy atom. The Morgan fingerprint density at radius 2 is 1.71 bits per heavy atom. The zero-order valence-electron chi connectivity index (χ0n) is 17.7. The highest BCUT2D eigenvalue weighted by atomic mass is 32.2. The molecule has 0 radical (unpaired) electrons. The maximum absolute atomic E-state index is 12.4. The average Bonchev–Trinajstić information content (AvgIpc) is 3.12. The van der Waals surface area contributed by atoms with Crippen LogP contribution in [-0.4, -0.2) is 24.7 Å². The molecule has 1 aromatic heterocycles. The minimum absolute atomic E-state index is 0.192. The number of Topliss-reactive ketones (excluding diaryl/α,β-unsaturated/α-hetero) is 1. The summed E-state index contributed by atoms with van der Waals surface area (Å²) < 4.78 is 29.0. The Labute approximate surface area is 169 Å². The van der Waals surface area contributed by atoms with Gasteiger partial charge in [-0.1, -0.05) is 18.6 Å². The highest BCUT2D eigenvalue weighted by Crippen LogP contribution is 2.28. The number of ketones is 1. The van der Waals surface area contributed by atoms with Crippen molar-refractivity contribution >= 4 is 15.6 Å². The van der Waals surface area contributed by atoms with Gasteiger partial charge in [0.1, 0.15) is 11.5 Å². The van der Waals surface area contributed by atoms with Crippen LogP contribution in [0.3, 0.4) is 0 Å². The molecule has 0 saturated heterocycles. The van der Waals surface area contributed by atoms with Gasteiger partial charge in [-0.3, -0.25) is 4.79 Å². The van der Waals surface area contributed by atoms with Crippen molar-refractivity contribution in [3.8, 4) is 11.3 Å². The van der Waals surface area contributed by atoms with Gasteiger partial charge in [0.15, 0.2) is 9.84 Å². The summed E-state index contributed by atoms with van der Waals surface area (Å²) in [4.78, 5) is 12.4. The number of unbranched alkanes of at least 4 members (excludes halogenated alkanes) is 2. The maximum atomic E-state index is 12.4. The van der Waals surface area contributed by atoms with Crippen LogP contribution in [0.1, 0.15) is 63.1 Å². The maximum Gasteiger partial charge on any atom is 0.155 e. The Kier molecular flexibility index (Phi) is 7.27. The third-order valence-corrected chi connectivity index (χ3v) is 8.07. The summed E-state index contributed by atoms with van der Waals surface area (Å²) in [6, 6.07) is 7.83. The van der Waals surface area contributed by atoms with Crippen LogP contribution in [0.5, 0.6) is 0 Å². The monoisotopic (exact) mass is 404 g/mol. The van der Waals surface area contributed by atoms with Gasteiger partial charge < -0.3 is 4.42 Å². The zero-order valence-corrected chi connectivity index (χ0v) is 18.5. The average molecular weight is 405 g/mol. The van der Waals surface area contributed by atoms with Crippen LogP contribution >= 0.6 is 0 Å². The molecule has 0 N–H and O–H groups in total. The first-order valence-corrected chi connectivity index (χ1v) is 11.5. The lowest BCUT2D eigenvalue weighted by Gasteiger charge is -2.18. The summed E-state index contributed by atoms with van der Waals surface area (Å²) in [7, 11) is -3.07. The summed E-state index contributed by atoms with van der Waals surface area (Å²) >= 11 is 0. The number of carbonyl (C=O) groups excluding carboxylic acids is 1. The smallest absolute Gasteiger partial charge is 0.155 e. The number of rotatable bonds is 9. The first kappa shape index (κ1) is 22.4. The molecule has 2 aromatic rings. The van der Waals surface area contributed by atoms with Crippen LogP contribution in [0.2, 0.25) is 0 Å².